The van der Waals surface area contributed by atoms with E-state index in [2.05, 4.69) is 10.2 Å². The maximum absolute atomic E-state index is 12.1. The Morgan fingerprint density at radius 1 is 1.26 bits per heavy atom. The van der Waals surface area contributed by atoms with Crippen LogP contribution >= 0.6 is 35.3 Å². The van der Waals surface area contributed by atoms with Gasteiger partial charge in [0.1, 0.15) is 0 Å². The lowest BCUT2D eigenvalue weighted by molar-refractivity contribution is 0.0684. The zero-order valence-corrected chi connectivity index (χ0v) is 11.9. The number of H-pyrrole nitrogens is 1. The summed E-state index contributed by atoms with van der Waals surface area (Å²) < 4.78 is 1.28. The van der Waals surface area contributed by atoms with Crippen molar-refractivity contribution in [2.75, 3.05) is 5.88 Å². The zero-order chi connectivity index (χ0) is 13.4. The molecule has 0 saturated heterocycles. The summed E-state index contributed by atoms with van der Waals surface area (Å²) in [7, 11) is 0. The van der Waals surface area contributed by atoms with Gasteiger partial charge < -0.3 is 0 Å². The maximum Gasteiger partial charge on any atom is 0.262 e. The number of aromatic nitrogens is 2. The third kappa shape index (κ3) is 2.22. The van der Waals surface area contributed by atoms with E-state index in [1.807, 2.05) is 0 Å². The van der Waals surface area contributed by atoms with Gasteiger partial charge in [0.25, 0.3) is 11.8 Å². The summed E-state index contributed by atoms with van der Waals surface area (Å²) in [5, 5.41) is 6.64. The Balaban J connectivity index is 1.79. The normalized spacial score (nSPS) is 14.0. The number of rotatable bonds is 3. The monoisotopic (exact) mass is 309 g/mol. The predicted octanol–water partition coefficient (Wildman–Crippen LogP) is 2.55. The third-order valence-corrected chi connectivity index (χ3v) is 4.83. The molecule has 8 heteroatoms. The molecule has 1 aromatic heterocycles. The number of carbonyl (C=O) groups excluding carboxylic acids is 2. The number of carbonyl (C=O) groups is 2. The van der Waals surface area contributed by atoms with E-state index in [0.29, 0.717) is 19.4 Å². The summed E-state index contributed by atoms with van der Waals surface area (Å²) in [5.74, 6) is -0.276. The van der Waals surface area contributed by atoms with Crippen molar-refractivity contribution in [2.24, 2.45) is 0 Å². The Bertz CT molecular complexity index is 687. The average molecular weight is 309 g/mol. The lowest BCUT2D eigenvalue weighted by Crippen LogP contribution is -2.29. The van der Waals surface area contributed by atoms with Crippen LogP contribution in [0, 0.1) is 3.95 Å². The number of nitrogens with zero attached hydrogens (tertiary/aromatic N) is 2. The molecule has 5 nitrogen and oxygen atoms in total. The van der Waals surface area contributed by atoms with Gasteiger partial charge >= 0.3 is 0 Å². The number of imide groups is 1. The first kappa shape index (κ1) is 12.5. The molecule has 0 bridgehead atoms. The van der Waals surface area contributed by atoms with Crippen molar-refractivity contribution in [3.05, 3.63) is 39.3 Å². The van der Waals surface area contributed by atoms with Crippen molar-refractivity contribution in [1.82, 2.24) is 15.1 Å². The Hall–Kier alpha value is -1.51. The van der Waals surface area contributed by atoms with Crippen LogP contribution in [0.4, 0.5) is 0 Å². The summed E-state index contributed by atoms with van der Waals surface area (Å²) in [5.41, 5.74) is 0.922. The van der Waals surface area contributed by atoms with Gasteiger partial charge in [0.2, 0.25) is 0 Å². The molecule has 2 amide bonds. The van der Waals surface area contributed by atoms with E-state index in [0.717, 1.165) is 0 Å². The Morgan fingerprint density at radius 2 is 1.89 bits per heavy atom. The second-order valence-corrected chi connectivity index (χ2v) is 6.59. The molecule has 0 atom stereocenters. The number of hydrogen-bond donors (Lipinski definition) is 1. The molecular weight excluding hydrogens is 302 g/mol. The fourth-order valence-corrected chi connectivity index (χ4v) is 3.76. The molecule has 3 rings (SSSR count). The summed E-state index contributed by atoms with van der Waals surface area (Å²) in [6, 6.07) is 6.83. The molecular formula is C11H7N3O2S3. The Morgan fingerprint density at radius 3 is 2.42 bits per heavy atom. The first-order valence-electron chi connectivity index (χ1n) is 5.30. The highest BCUT2D eigenvalue weighted by molar-refractivity contribution is 8.01. The lowest BCUT2D eigenvalue weighted by atomic mass is 10.1. The molecule has 1 aromatic carbocycles. The quantitative estimate of drug-likeness (QED) is 0.536. The molecule has 1 aliphatic rings. The minimum Gasteiger partial charge on any atom is -0.269 e. The van der Waals surface area contributed by atoms with Crippen molar-refractivity contribution >= 4 is 47.1 Å². The zero-order valence-electron chi connectivity index (χ0n) is 9.45. The fourth-order valence-electron chi connectivity index (χ4n) is 1.75. The van der Waals surface area contributed by atoms with Crippen LogP contribution in [0.15, 0.2) is 28.6 Å². The van der Waals surface area contributed by atoms with Gasteiger partial charge in [-0.2, -0.15) is 5.10 Å². The highest BCUT2D eigenvalue weighted by atomic mass is 32.2. The molecule has 0 radical (unpaired) electrons. The van der Waals surface area contributed by atoms with Crippen molar-refractivity contribution in [1.29, 1.82) is 0 Å². The van der Waals surface area contributed by atoms with Gasteiger partial charge in [-0.25, -0.2) is 0 Å². The molecule has 1 N–H and O–H groups in total. The number of hydrogen-bond acceptors (Lipinski definition) is 6. The van der Waals surface area contributed by atoms with Crippen LogP contribution in [0.3, 0.4) is 0 Å². The molecule has 19 heavy (non-hydrogen) atoms. The highest BCUT2D eigenvalue weighted by Crippen LogP contribution is 2.27. The first-order valence-corrected chi connectivity index (χ1v) is 7.51. The van der Waals surface area contributed by atoms with Gasteiger partial charge in [-0.1, -0.05) is 35.2 Å². The largest absolute Gasteiger partial charge is 0.269 e. The molecule has 0 spiro atoms. The van der Waals surface area contributed by atoms with E-state index in [1.54, 1.807) is 24.3 Å². The molecule has 96 valence electrons. The summed E-state index contributed by atoms with van der Waals surface area (Å²) >= 11 is 7.55. The maximum atomic E-state index is 12.1. The van der Waals surface area contributed by atoms with Crippen LogP contribution in [0.1, 0.15) is 20.7 Å². The number of nitrogens with one attached hydrogen (secondary N) is 1. The number of thioether (sulfide) groups is 1. The van der Waals surface area contributed by atoms with Gasteiger partial charge in [0.15, 0.2) is 8.29 Å². The molecule has 0 fully saturated rings. The van der Waals surface area contributed by atoms with Gasteiger partial charge in [-0.05, 0) is 24.4 Å². The van der Waals surface area contributed by atoms with Crippen LogP contribution < -0.4 is 0 Å². The molecule has 1 aliphatic heterocycles. The predicted molar refractivity (Wildman–Crippen MR) is 75.0 cm³/mol. The number of aromatic amines is 1. The molecule has 0 unspecified atom stereocenters. The van der Waals surface area contributed by atoms with Crippen LogP contribution in [0.2, 0.25) is 0 Å². The highest BCUT2D eigenvalue weighted by Gasteiger charge is 2.34. The number of fused-ring (bicyclic) bond motifs is 1. The average Bonchev–Trinajstić information content (AvgIpc) is 2.93. The van der Waals surface area contributed by atoms with Crippen LogP contribution in [-0.4, -0.2) is 32.8 Å². The van der Waals surface area contributed by atoms with E-state index in [4.69, 9.17) is 12.2 Å². The van der Waals surface area contributed by atoms with Gasteiger partial charge in [0.05, 0.1) is 17.0 Å². The van der Waals surface area contributed by atoms with Gasteiger partial charge in [-0.3, -0.25) is 19.6 Å². The smallest absolute Gasteiger partial charge is 0.262 e. The topological polar surface area (TPSA) is 66.1 Å². The SMILES string of the molecule is O=C1c2ccccc2C(=O)N1CSc1n[nH]c(=S)s1. The second kappa shape index (κ2) is 4.87. The minimum atomic E-state index is -0.257. The molecule has 2 heterocycles. The van der Waals surface area contributed by atoms with Gasteiger partial charge in [-0.15, -0.1) is 0 Å². The van der Waals surface area contributed by atoms with Crippen LogP contribution in [0.5, 0.6) is 0 Å². The number of benzene rings is 1. The number of amides is 2. The van der Waals surface area contributed by atoms with Crippen molar-refractivity contribution in [3.8, 4) is 0 Å². The molecule has 0 saturated carbocycles. The van der Waals surface area contributed by atoms with E-state index in [9.17, 15) is 9.59 Å². The van der Waals surface area contributed by atoms with E-state index >= 15 is 0 Å². The van der Waals surface area contributed by atoms with Gasteiger partial charge in [0, 0.05) is 0 Å². The van der Waals surface area contributed by atoms with E-state index in [-0.39, 0.29) is 17.7 Å². The Kier molecular flexibility index (Phi) is 3.21. The van der Waals surface area contributed by atoms with Crippen molar-refractivity contribution < 1.29 is 9.59 Å². The van der Waals surface area contributed by atoms with E-state index in [1.165, 1.54) is 28.0 Å². The Labute approximate surface area is 121 Å². The van der Waals surface area contributed by atoms with Crippen LogP contribution in [-0.2, 0) is 0 Å². The van der Waals surface area contributed by atoms with Crippen molar-refractivity contribution in [3.63, 3.8) is 0 Å². The molecule has 0 aliphatic carbocycles. The standard InChI is InChI=1S/C11H7N3O2S3/c15-8-6-3-1-2-4-7(6)9(16)14(8)5-18-11-13-12-10(17)19-11/h1-4H,5H2,(H,12,17). The van der Waals surface area contributed by atoms with Crippen molar-refractivity contribution in [2.45, 2.75) is 4.34 Å². The summed E-state index contributed by atoms with van der Waals surface area (Å²) in [6.07, 6.45) is 0. The second-order valence-electron chi connectivity index (χ2n) is 3.74. The molecule has 2 aromatic rings. The fraction of sp³-hybridized carbons (Fsp3) is 0.0909. The first-order chi connectivity index (χ1) is 9.16. The third-order valence-electron chi connectivity index (χ3n) is 2.61. The summed E-state index contributed by atoms with van der Waals surface area (Å²) in [6.45, 7) is 0. The summed E-state index contributed by atoms with van der Waals surface area (Å²) in [4.78, 5) is 25.4. The van der Waals surface area contributed by atoms with E-state index < -0.39 is 0 Å². The minimum absolute atomic E-state index is 0.239. The van der Waals surface area contributed by atoms with Crippen LogP contribution in [0.25, 0.3) is 0 Å². The lowest BCUT2D eigenvalue weighted by Gasteiger charge is -2.11.